The normalized spacial score (nSPS) is 47.1. The van der Waals surface area contributed by atoms with Crippen molar-refractivity contribution in [1.29, 1.82) is 0 Å². The van der Waals surface area contributed by atoms with Crippen molar-refractivity contribution in [3.8, 4) is 0 Å². The van der Waals surface area contributed by atoms with Crippen molar-refractivity contribution in [2.45, 2.75) is 78.6 Å². The molecule has 3 heteroatoms. The van der Waals surface area contributed by atoms with Crippen molar-refractivity contribution in [3.63, 3.8) is 0 Å². The van der Waals surface area contributed by atoms with E-state index >= 15 is 0 Å². The molecule has 0 bridgehead atoms. The van der Waals surface area contributed by atoms with Crippen LogP contribution in [0, 0.1) is 46.3 Å². The van der Waals surface area contributed by atoms with E-state index in [4.69, 9.17) is 5.11 Å². The van der Waals surface area contributed by atoms with E-state index in [1.807, 2.05) is 0 Å². The summed E-state index contributed by atoms with van der Waals surface area (Å²) >= 11 is 0. The van der Waals surface area contributed by atoms with E-state index in [0.29, 0.717) is 41.3 Å². The van der Waals surface area contributed by atoms with Crippen molar-refractivity contribution >= 4 is 11.8 Å². The van der Waals surface area contributed by atoms with Gasteiger partial charge < -0.3 is 5.11 Å². The molecule has 0 unspecified atom stereocenters. The number of ketones is 1. The topological polar surface area (TPSA) is 54.4 Å². The quantitative estimate of drug-likeness (QED) is 0.664. The first-order valence-corrected chi connectivity index (χ1v) is 11.2. The highest BCUT2D eigenvalue weighted by atomic mass is 16.4. The number of aliphatic carboxylic acids is 1. The molecule has 4 aliphatic carbocycles. The van der Waals surface area contributed by atoms with Crippen molar-refractivity contribution < 1.29 is 14.7 Å². The smallest absolute Gasteiger partial charge is 0.303 e. The molecule has 1 N–H and O–H groups in total. The van der Waals surface area contributed by atoms with Gasteiger partial charge in [0.15, 0.2) is 0 Å². The van der Waals surface area contributed by atoms with Gasteiger partial charge in [-0.25, -0.2) is 0 Å². The molecule has 3 nitrogen and oxygen atoms in total. The number of fused-ring (bicyclic) bond motifs is 5. The fraction of sp³-hybridized carbons (Fsp3) is 0.833. The average molecular weight is 373 g/mol. The van der Waals surface area contributed by atoms with Crippen LogP contribution in [0.5, 0.6) is 0 Å². The van der Waals surface area contributed by atoms with Crippen LogP contribution in [0.1, 0.15) is 78.6 Å². The molecule has 3 fully saturated rings. The predicted octanol–water partition coefficient (Wildman–Crippen LogP) is 5.49. The summed E-state index contributed by atoms with van der Waals surface area (Å²) in [5.41, 5.74) is 0.536. The fourth-order valence-electron chi connectivity index (χ4n) is 7.91. The van der Waals surface area contributed by atoms with Crippen LogP contribution in [0.15, 0.2) is 12.2 Å². The molecule has 0 aromatic carbocycles. The second-order valence-corrected chi connectivity index (χ2v) is 10.6. The Morgan fingerprint density at radius 1 is 1.26 bits per heavy atom. The van der Waals surface area contributed by atoms with E-state index in [9.17, 15) is 9.59 Å². The number of carboxylic acids is 1. The molecule has 4 aliphatic rings. The number of hydrogen-bond acceptors (Lipinski definition) is 2. The number of carbonyl (C=O) groups excluding carboxylic acids is 1. The van der Waals surface area contributed by atoms with Gasteiger partial charge in [-0.1, -0.05) is 32.9 Å². The summed E-state index contributed by atoms with van der Waals surface area (Å²) < 4.78 is 0. The maximum atomic E-state index is 12.0. The second kappa shape index (κ2) is 6.74. The third kappa shape index (κ3) is 3.00. The lowest BCUT2D eigenvalue weighted by atomic mass is 9.46. The monoisotopic (exact) mass is 372 g/mol. The number of carbonyl (C=O) groups is 2. The summed E-state index contributed by atoms with van der Waals surface area (Å²) in [5.74, 6) is 3.60. The summed E-state index contributed by atoms with van der Waals surface area (Å²) in [7, 11) is 0. The SMILES string of the molecule is C[C@@H](CCC(=O)O)[C@H]1CC[C@@H]2[C@H]3CC[C@@H]4CC(=O)CC[C@]4(C)[C@@H]3C=C[C@@]21C. The van der Waals surface area contributed by atoms with Crippen LogP contribution < -0.4 is 0 Å². The third-order valence-electron chi connectivity index (χ3n) is 9.49. The molecule has 0 radical (unpaired) electrons. The molecule has 0 saturated heterocycles. The lowest BCUT2D eigenvalue weighted by molar-refractivity contribution is -0.137. The molecular weight excluding hydrogens is 336 g/mol. The Morgan fingerprint density at radius 3 is 2.78 bits per heavy atom. The van der Waals surface area contributed by atoms with Crippen LogP contribution in [0.2, 0.25) is 0 Å². The number of carboxylic acid groups (broad SMARTS) is 1. The average Bonchev–Trinajstić information content (AvgIpc) is 2.97. The molecule has 0 aromatic heterocycles. The van der Waals surface area contributed by atoms with Crippen LogP contribution in [0.25, 0.3) is 0 Å². The first kappa shape index (κ1) is 19.2. The Morgan fingerprint density at radius 2 is 2.04 bits per heavy atom. The molecule has 150 valence electrons. The van der Waals surface area contributed by atoms with Gasteiger partial charge in [0, 0.05) is 19.3 Å². The van der Waals surface area contributed by atoms with Gasteiger partial charge in [0.2, 0.25) is 0 Å². The van der Waals surface area contributed by atoms with Crippen molar-refractivity contribution in [3.05, 3.63) is 12.2 Å². The maximum absolute atomic E-state index is 12.0. The van der Waals surface area contributed by atoms with E-state index in [0.717, 1.165) is 37.5 Å². The van der Waals surface area contributed by atoms with Gasteiger partial charge >= 0.3 is 5.97 Å². The van der Waals surface area contributed by atoms with Crippen molar-refractivity contribution in [1.82, 2.24) is 0 Å². The Kier molecular flexibility index (Phi) is 4.79. The van der Waals surface area contributed by atoms with Crippen LogP contribution in [-0.2, 0) is 9.59 Å². The van der Waals surface area contributed by atoms with Crippen LogP contribution in [0.4, 0.5) is 0 Å². The zero-order chi connectivity index (χ0) is 19.4. The highest BCUT2D eigenvalue weighted by Gasteiger charge is 2.58. The highest BCUT2D eigenvalue weighted by Crippen LogP contribution is 2.65. The van der Waals surface area contributed by atoms with E-state index < -0.39 is 5.97 Å². The van der Waals surface area contributed by atoms with E-state index in [1.54, 1.807) is 0 Å². The van der Waals surface area contributed by atoms with Gasteiger partial charge in [-0.05, 0) is 84.9 Å². The highest BCUT2D eigenvalue weighted by molar-refractivity contribution is 5.79. The van der Waals surface area contributed by atoms with Gasteiger partial charge in [-0.2, -0.15) is 0 Å². The molecule has 4 rings (SSSR count). The summed E-state index contributed by atoms with van der Waals surface area (Å²) in [6.07, 6.45) is 13.9. The number of allylic oxidation sites excluding steroid dienone is 2. The Balaban J connectivity index is 1.57. The molecule has 8 atom stereocenters. The Bertz CT molecular complexity index is 652. The molecule has 0 heterocycles. The van der Waals surface area contributed by atoms with Gasteiger partial charge in [0.05, 0.1) is 0 Å². The minimum absolute atomic E-state index is 0.229. The summed E-state index contributed by atoms with van der Waals surface area (Å²) in [4.78, 5) is 23.0. The molecule has 0 spiro atoms. The Labute approximate surface area is 164 Å². The maximum Gasteiger partial charge on any atom is 0.303 e. The lowest BCUT2D eigenvalue weighted by Crippen LogP contribution is -2.51. The zero-order valence-electron chi connectivity index (χ0n) is 17.2. The summed E-state index contributed by atoms with van der Waals surface area (Å²) in [5, 5.41) is 9.08. The van der Waals surface area contributed by atoms with Crippen molar-refractivity contribution in [2.24, 2.45) is 46.3 Å². The first-order chi connectivity index (χ1) is 12.8. The van der Waals surface area contributed by atoms with Crippen LogP contribution in [-0.4, -0.2) is 16.9 Å². The molecular formula is C24H36O3. The molecule has 0 aromatic rings. The minimum Gasteiger partial charge on any atom is -0.481 e. The lowest BCUT2D eigenvalue weighted by Gasteiger charge is -2.58. The predicted molar refractivity (Wildman–Crippen MR) is 106 cm³/mol. The number of rotatable bonds is 4. The zero-order valence-corrected chi connectivity index (χ0v) is 17.2. The standard InChI is InChI=1S/C24H36O3/c1-15(4-9-22(26)27)19-7-8-20-18-6-5-16-14-17(25)10-12-23(16,2)21(18)11-13-24(19,20)3/h11,13,15-16,18-21H,4-10,12,14H2,1-3H3,(H,26,27)/t15-,16+,18+,19+,20+,21+,23-,24+/m0/s1. The Hall–Kier alpha value is -1.12. The summed E-state index contributed by atoms with van der Waals surface area (Å²) in [6, 6.07) is 0. The fourth-order valence-corrected chi connectivity index (χ4v) is 7.91. The van der Waals surface area contributed by atoms with Gasteiger partial charge in [-0.15, -0.1) is 0 Å². The molecule has 0 aliphatic heterocycles. The summed E-state index contributed by atoms with van der Waals surface area (Å²) in [6.45, 7) is 7.19. The third-order valence-corrected chi connectivity index (χ3v) is 9.49. The van der Waals surface area contributed by atoms with Crippen molar-refractivity contribution in [2.75, 3.05) is 0 Å². The van der Waals surface area contributed by atoms with Crippen LogP contribution in [0.3, 0.4) is 0 Å². The largest absolute Gasteiger partial charge is 0.481 e. The minimum atomic E-state index is -0.668. The molecule has 27 heavy (non-hydrogen) atoms. The first-order valence-electron chi connectivity index (χ1n) is 11.2. The molecule has 0 amide bonds. The second-order valence-electron chi connectivity index (χ2n) is 10.6. The number of hydrogen-bond donors (Lipinski definition) is 1. The van der Waals surface area contributed by atoms with Crippen LogP contribution >= 0.6 is 0 Å². The van der Waals surface area contributed by atoms with E-state index in [2.05, 4.69) is 32.9 Å². The van der Waals surface area contributed by atoms with Gasteiger partial charge in [0.1, 0.15) is 5.78 Å². The van der Waals surface area contributed by atoms with Gasteiger partial charge in [0.25, 0.3) is 0 Å². The van der Waals surface area contributed by atoms with E-state index in [-0.39, 0.29) is 5.41 Å². The van der Waals surface area contributed by atoms with E-state index in [1.165, 1.54) is 25.7 Å². The molecule has 3 saturated carbocycles. The van der Waals surface area contributed by atoms with Gasteiger partial charge in [-0.3, -0.25) is 9.59 Å². The number of Topliss-reactive ketones (excluding diaryl/α,β-unsaturated/α-hetero) is 1.